The van der Waals surface area contributed by atoms with Gasteiger partial charge in [-0.25, -0.2) is 4.79 Å². The number of fused-ring (bicyclic) bond motifs is 1. The van der Waals surface area contributed by atoms with Crippen molar-refractivity contribution >= 4 is 16.9 Å². The third kappa shape index (κ3) is 5.76. The molecule has 1 atom stereocenters. The van der Waals surface area contributed by atoms with Gasteiger partial charge in [-0.15, -0.1) is 0 Å². The SMILES string of the molecule is CC(Oc1ccc(COc2cccc(-c3c(-c4ccccc4)cnc4c(C(F)(F)F)cccc34)c2)cc1)C(=O)O. The molecule has 0 bridgehead atoms. The van der Waals surface area contributed by atoms with Gasteiger partial charge in [0.15, 0.2) is 6.10 Å². The number of benzene rings is 4. The van der Waals surface area contributed by atoms with Crippen LogP contribution in [0.1, 0.15) is 18.1 Å². The van der Waals surface area contributed by atoms with Crippen molar-refractivity contribution in [3.05, 3.63) is 114 Å². The van der Waals surface area contributed by atoms with Crippen molar-refractivity contribution in [3.63, 3.8) is 0 Å². The number of aliphatic carboxylic acids is 1. The van der Waals surface area contributed by atoms with E-state index in [0.717, 1.165) is 17.2 Å². The van der Waals surface area contributed by atoms with Crippen molar-refractivity contribution in [2.45, 2.75) is 25.8 Å². The third-order valence-electron chi connectivity index (χ3n) is 6.40. The molecule has 202 valence electrons. The van der Waals surface area contributed by atoms with Crippen molar-refractivity contribution in [3.8, 4) is 33.8 Å². The number of alkyl halides is 3. The zero-order valence-corrected chi connectivity index (χ0v) is 21.4. The van der Waals surface area contributed by atoms with Crippen molar-refractivity contribution < 1.29 is 32.5 Å². The molecule has 0 spiro atoms. The number of rotatable bonds is 8. The molecule has 1 unspecified atom stereocenters. The van der Waals surface area contributed by atoms with Crippen LogP contribution >= 0.6 is 0 Å². The average molecular weight is 544 g/mol. The summed E-state index contributed by atoms with van der Waals surface area (Å²) < 4.78 is 52.9. The summed E-state index contributed by atoms with van der Waals surface area (Å²) in [5.41, 5.74) is 2.77. The second-order valence-electron chi connectivity index (χ2n) is 9.17. The standard InChI is InChI=1S/C32H24F3NO4/c1-20(31(37)38)40-24-15-13-21(14-16-24)19-39-25-10-5-9-23(17-25)29-26-11-6-12-28(32(33,34)35)30(26)36-18-27(29)22-7-3-2-4-8-22/h2-18,20H,19H2,1H3,(H,37,38). The molecule has 1 aromatic heterocycles. The first kappa shape index (κ1) is 26.7. The number of hydrogen-bond donors (Lipinski definition) is 1. The minimum absolute atomic E-state index is 0.115. The predicted molar refractivity (Wildman–Crippen MR) is 146 cm³/mol. The lowest BCUT2D eigenvalue weighted by Gasteiger charge is -2.17. The molecule has 0 aliphatic carbocycles. The third-order valence-corrected chi connectivity index (χ3v) is 6.40. The van der Waals surface area contributed by atoms with Gasteiger partial charge in [0.2, 0.25) is 0 Å². The fourth-order valence-electron chi connectivity index (χ4n) is 4.43. The van der Waals surface area contributed by atoms with Gasteiger partial charge in [-0.3, -0.25) is 4.98 Å². The Morgan fingerprint density at radius 2 is 1.57 bits per heavy atom. The summed E-state index contributed by atoms with van der Waals surface area (Å²) in [4.78, 5) is 15.2. The number of carbonyl (C=O) groups is 1. The number of para-hydroxylation sites is 1. The van der Waals surface area contributed by atoms with E-state index in [-0.39, 0.29) is 12.1 Å². The highest BCUT2D eigenvalue weighted by Gasteiger charge is 2.33. The van der Waals surface area contributed by atoms with Crippen LogP contribution in [-0.2, 0) is 17.6 Å². The number of aromatic nitrogens is 1. The molecule has 4 aromatic carbocycles. The van der Waals surface area contributed by atoms with Crippen molar-refractivity contribution in [1.82, 2.24) is 4.98 Å². The molecule has 8 heteroatoms. The van der Waals surface area contributed by atoms with Gasteiger partial charge < -0.3 is 14.6 Å². The quantitative estimate of drug-likeness (QED) is 0.215. The first-order chi connectivity index (χ1) is 19.2. The van der Waals surface area contributed by atoms with Gasteiger partial charge >= 0.3 is 12.1 Å². The Bertz CT molecular complexity index is 1650. The minimum atomic E-state index is -4.55. The van der Waals surface area contributed by atoms with Crippen LogP contribution in [0.5, 0.6) is 11.5 Å². The number of pyridine rings is 1. The lowest BCUT2D eigenvalue weighted by molar-refractivity contribution is -0.144. The van der Waals surface area contributed by atoms with Gasteiger partial charge in [-0.2, -0.15) is 13.2 Å². The van der Waals surface area contributed by atoms with Crippen molar-refractivity contribution in [1.29, 1.82) is 0 Å². The highest BCUT2D eigenvalue weighted by molar-refractivity contribution is 6.03. The van der Waals surface area contributed by atoms with Crippen molar-refractivity contribution in [2.24, 2.45) is 0 Å². The first-order valence-electron chi connectivity index (χ1n) is 12.5. The first-order valence-corrected chi connectivity index (χ1v) is 12.5. The Morgan fingerprint density at radius 3 is 2.27 bits per heavy atom. The molecule has 0 amide bonds. The normalized spacial score (nSPS) is 12.2. The highest BCUT2D eigenvalue weighted by Crippen LogP contribution is 2.42. The summed E-state index contributed by atoms with van der Waals surface area (Å²) >= 11 is 0. The number of carboxylic acids is 1. The van der Waals surface area contributed by atoms with Gasteiger partial charge in [0.25, 0.3) is 0 Å². The molecule has 0 radical (unpaired) electrons. The van der Waals surface area contributed by atoms with E-state index in [4.69, 9.17) is 14.6 Å². The summed E-state index contributed by atoms with van der Waals surface area (Å²) in [6.45, 7) is 1.67. The molecule has 5 rings (SSSR count). The van der Waals surface area contributed by atoms with Gasteiger partial charge in [-0.1, -0.05) is 66.7 Å². The Labute approximate surface area is 228 Å². The number of hydrogen-bond acceptors (Lipinski definition) is 4. The summed E-state index contributed by atoms with van der Waals surface area (Å²) in [5, 5.41) is 9.39. The summed E-state index contributed by atoms with van der Waals surface area (Å²) in [7, 11) is 0. The van der Waals surface area contributed by atoms with Gasteiger partial charge in [0.1, 0.15) is 18.1 Å². The van der Waals surface area contributed by atoms with Crippen LogP contribution in [0.2, 0.25) is 0 Å². The maximum Gasteiger partial charge on any atom is 0.418 e. The maximum atomic E-state index is 13.8. The van der Waals surface area contributed by atoms with Gasteiger partial charge in [0, 0.05) is 22.7 Å². The molecule has 0 aliphatic heterocycles. The van der Waals surface area contributed by atoms with E-state index in [0.29, 0.717) is 33.6 Å². The molecule has 5 nitrogen and oxygen atoms in total. The monoisotopic (exact) mass is 543 g/mol. The lowest BCUT2D eigenvalue weighted by atomic mass is 9.91. The Balaban J connectivity index is 1.49. The largest absolute Gasteiger partial charge is 0.489 e. The van der Waals surface area contributed by atoms with Gasteiger partial charge in [0.05, 0.1) is 11.1 Å². The second kappa shape index (κ2) is 11.1. The van der Waals surface area contributed by atoms with E-state index in [1.54, 1.807) is 48.5 Å². The van der Waals surface area contributed by atoms with E-state index in [1.165, 1.54) is 19.2 Å². The minimum Gasteiger partial charge on any atom is -0.489 e. The van der Waals surface area contributed by atoms with Crippen LogP contribution in [0.3, 0.4) is 0 Å². The molecule has 1 heterocycles. The van der Waals surface area contributed by atoms with Gasteiger partial charge in [-0.05, 0) is 53.9 Å². The van der Waals surface area contributed by atoms with Crippen LogP contribution in [0.25, 0.3) is 33.2 Å². The molecule has 1 N–H and O–H groups in total. The molecule has 0 fully saturated rings. The predicted octanol–water partition coefficient (Wildman–Crippen LogP) is 8.02. The lowest BCUT2D eigenvalue weighted by Crippen LogP contribution is -2.22. The van der Waals surface area contributed by atoms with E-state index >= 15 is 0 Å². The number of carboxylic acid groups (broad SMARTS) is 1. The molecule has 40 heavy (non-hydrogen) atoms. The Morgan fingerprint density at radius 1 is 0.875 bits per heavy atom. The zero-order chi connectivity index (χ0) is 28.3. The number of nitrogens with zero attached hydrogens (tertiary/aromatic N) is 1. The molecular formula is C32H24F3NO4. The topological polar surface area (TPSA) is 68.7 Å². The Hall–Kier alpha value is -4.85. The van der Waals surface area contributed by atoms with Crippen LogP contribution in [0.15, 0.2) is 103 Å². The summed E-state index contributed by atoms with van der Waals surface area (Å²) in [5.74, 6) is -0.0931. The Kier molecular flexibility index (Phi) is 7.42. The van der Waals surface area contributed by atoms with Crippen LogP contribution in [0.4, 0.5) is 13.2 Å². The smallest absolute Gasteiger partial charge is 0.418 e. The maximum absolute atomic E-state index is 13.8. The number of ether oxygens (including phenoxy) is 2. The van der Waals surface area contributed by atoms with E-state index in [1.807, 2.05) is 36.4 Å². The summed E-state index contributed by atoms with van der Waals surface area (Å²) in [6, 6.07) is 27.6. The van der Waals surface area contributed by atoms with E-state index in [2.05, 4.69) is 4.98 Å². The molecule has 0 saturated heterocycles. The molecule has 5 aromatic rings. The van der Waals surface area contributed by atoms with E-state index < -0.39 is 23.8 Å². The molecular weight excluding hydrogens is 519 g/mol. The fraction of sp³-hybridized carbons (Fsp3) is 0.125. The van der Waals surface area contributed by atoms with E-state index in [9.17, 15) is 18.0 Å². The average Bonchev–Trinajstić information content (AvgIpc) is 2.96. The van der Waals surface area contributed by atoms with Crippen LogP contribution in [-0.4, -0.2) is 22.2 Å². The number of halogens is 3. The van der Waals surface area contributed by atoms with Crippen LogP contribution in [0, 0.1) is 0 Å². The second-order valence-corrected chi connectivity index (χ2v) is 9.17. The van der Waals surface area contributed by atoms with Crippen LogP contribution < -0.4 is 9.47 Å². The molecule has 0 saturated carbocycles. The fourth-order valence-corrected chi connectivity index (χ4v) is 4.43. The molecule has 0 aliphatic rings. The van der Waals surface area contributed by atoms with Crippen molar-refractivity contribution in [2.75, 3.05) is 0 Å². The highest BCUT2D eigenvalue weighted by atomic mass is 19.4. The zero-order valence-electron chi connectivity index (χ0n) is 21.4. The summed E-state index contributed by atoms with van der Waals surface area (Å²) in [6.07, 6.45) is -4.03.